The van der Waals surface area contributed by atoms with Gasteiger partial charge < -0.3 is 15.4 Å². The summed E-state index contributed by atoms with van der Waals surface area (Å²) in [5, 5.41) is 4.96. The molecule has 0 heterocycles. The van der Waals surface area contributed by atoms with Crippen LogP contribution in [0.5, 0.6) is 0 Å². The van der Waals surface area contributed by atoms with E-state index in [1.807, 2.05) is 42.5 Å². The molecule has 0 saturated heterocycles. The molecule has 0 atom stereocenters. The van der Waals surface area contributed by atoms with Crippen LogP contribution in [0.4, 0.5) is 0 Å². The number of benzene rings is 2. The average molecular weight is 354 g/mol. The minimum atomic E-state index is -0.565. The van der Waals surface area contributed by atoms with Crippen LogP contribution < -0.4 is 10.6 Å². The Labute approximate surface area is 152 Å². The smallest absolute Gasteiger partial charge is 0.338 e. The topological polar surface area (TPSA) is 84.5 Å². The van der Waals surface area contributed by atoms with Gasteiger partial charge in [0, 0.05) is 6.54 Å². The molecular formula is C20H22N2O4. The molecular weight excluding hydrogens is 332 g/mol. The molecule has 0 spiro atoms. The van der Waals surface area contributed by atoms with Gasteiger partial charge in [-0.3, -0.25) is 9.59 Å². The standard InChI is InChI=1S/C20H22N2O4/c1-2-21-18(23)13-22-19(24)14-26-20(25)17-11-7-6-10-16(17)12-15-8-4-3-5-9-15/h3-11H,2,12-14H2,1H3,(H,21,23)(H,22,24). The highest BCUT2D eigenvalue weighted by Gasteiger charge is 2.14. The Bertz CT molecular complexity index is 759. The van der Waals surface area contributed by atoms with Crippen molar-refractivity contribution in [2.24, 2.45) is 0 Å². The maximum Gasteiger partial charge on any atom is 0.338 e. The summed E-state index contributed by atoms with van der Waals surface area (Å²) in [6.45, 7) is 1.70. The molecule has 6 heteroatoms. The SMILES string of the molecule is CCNC(=O)CNC(=O)COC(=O)c1ccccc1Cc1ccccc1. The predicted octanol–water partition coefficient (Wildman–Crippen LogP) is 1.69. The molecule has 0 aliphatic carbocycles. The summed E-state index contributed by atoms with van der Waals surface area (Å²) in [6.07, 6.45) is 0.593. The average Bonchev–Trinajstić information content (AvgIpc) is 2.66. The largest absolute Gasteiger partial charge is 0.452 e. The van der Waals surface area contributed by atoms with E-state index in [2.05, 4.69) is 10.6 Å². The van der Waals surface area contributed by atoms with Crippen molar-refractivity contribution in [2.75, 3.05) is 19.7 Å². The third kappa shape index (κ3) is 6.05. The van der Waals surface area contributed by atoms with E-state index in [-0.39, 0.29) is 12.5 Å². The fourth-order valence-electron chi connectivity index (χ4n) is 2.39. The molecule has 136 valence electrons. The van der Waals surface area contributed by atoms with E-state index in [1.54, 1.807) is 19.1 Å². The maximum atomic E-state index is 12.3. The molecule has 2 rings (SSSR count). The Kier molecular flexibility index (Phi) is 7.36. The van der Waals surface area contributed by atoms with Crippen LogP contribution in [0, 0.1) is 0 Å². The number of rotatable bonds is 8. The van der Waals surface area contributed by atoms with E-state index in [0.717, 1.165) is 11.1 Å². The lowest BCUT2D eigenvalue weighted by Gasteiger charge is -2.10. The second-order valence-electron chi connectivity index (χ2n) is 5.63. The summed E-state index contributed by atoms with van der Waals surface area (Å²) in [5.74, 6) is -1.38. The van der Waals surface area contributed by atoms with Crippen LogP contribution >= 0.6 is 0 Å². The highest BCUT2D eigenvalue weighted by Crippen LogP contribution is 2.15. The lowest BCUT2D eigenvalue weighted by atomic mass is 10.00. The number of carbonyl (C=O) groups excluding carboxylic acids is 3. The Hall–Kier alpha value is -3.15. The van der Waals surface area contributed by atoms with Gasteiger partial charge in [0.2, 0.25) is 5.91 Å². The Morgan fingerprint density at radius 2 is 1.58 bits per heavy atom. The third-order valence-corrected chi connectivity index (χ3v) is 3.63. The number of likely N-dealkylation sites (N-methyl/N-ethyl adjacent to an activating group) is 1. The lowest BCUT2D eigenvalue weighted by Crippen LogP contribution is -2.38. The zero-order chi connectivity index (χ0) is 18.8. The van der Waals surface area contributed by atoms with Crippen LogP contribution in [0.25, 0.3) is 0 Å². The molecule has 2 aromatic rings. The van der Waals surface area contributed by atoms with E-state index >= 15 is 0 Å². The molecule has 0 fully saturated rings. The lowest BCUT2D eigenvalue weighted by molar-refractivity contribution is -0.127. The van der Waals surface area contributed by atoms with Crippen molar-refractivity contribution in [3.63, 3.8) is 0 Å². The molecule has 0 aromatic heterocycles. The maximum absolute atomic E-state index is 12.3. The van der Waals surface area contributed by atoms with Crippen molar-refractivity contribution in [1.82, 2.24) is 10.6 Å². The zero-order valence-corrected chi connectivity index (χ0v) is 14.7. The number of hydrogen-bond acceptors (Lipinski definition) is 4. The number of nitrogens with one attached hydrogen (secondary N) is 2. The van der Waals surface area contributed by atoms with Crippen LogP contribution in [-0.4, -0.2) is 37.5 Å². The van der Waals surface area contributed by atoms with Crippen molar-refractivity contribution in [1.29, 1.82) is 0 Å². The summed E-state index contributed by atoms with van der Waals surface area (Å²) < 4.78 is 5.08. The van der Waals surface area contributed by atoms with Crippen molar-refractivity contribution >= 4 is 17.8 Å². The molecule has 0 aliphatic heterocycles. The van der Waals surface area contributed by atoms with Gasteiger partial charge in [0.1, 0.15) is 0 Å². The first-order valence-electron chi connectivity index (χ1n) is 8.42. The van der Waals surface area contributed by atoms with Crippen LogP contribution in [0.15, 0.2) is 54.6 Å². The molecule has 2 N–H and O–H groups in total. The minimum absolute atomic E-state index is 0.144. The first kappa shape index (κ1) is 19.2. The van der Waals surface area contributed by atoms with Gasteiger partial charge in [0.05, 0.1) is 12.1 Å². The van der Waals surface area contributed by atoms with Gasteiger partial charge in [-0.05, 0) is 30.5 Å². The summed E-state index contributed by atoms with van der Waals surface area (Å²) >= 11 is 0. The first-order valence-corrected chi connectivity index (χ1v) is 8.42. The summed E-state index contributed by atoms with van der Waals surface area (Å²) in [4.78, 5) is 35.3. The fourth-order valence-corrected chi connectivity index (χ4v) is 2.39. The van der Waals surface area contributed by atoms with Gasteiger partial charge in [-0.1, -0.05) is 48.5 Å². The second-order valence-corrected chi connectivity index (χ2v) is 5.63. The number of ether oxygens (including phenoxy) is 1. The van der Waals surface area contributed by atoms with Gasteiger partial charge in [0.15, 0.2) is 6.61 Å². The van der Waals surface area contributed by atoms with E-state index in [4.69, 9.17) is 4.74 Å². The number of hydrogen-bond donors (Lipinski definition) is 2. The van der Waals surface area contributed by atoms with E-state index in [9.17, 15) is 14.4 Å². The van der Waals surface area contributed by atoms with E-state index in [0.29, 0.717) is 18.5 Å². The quantitative estimate of drug-likeness (QED) is 0.707. The summed E-state index contributed by atoms with van der Waals surface area (Å²) in [5.41, 5.74) is 2.33. The molecule has 0 saturated carbocycles. The van der Waals surface area contributed by atoms with Gasteiger partial charge in [-0.2, -0.15) is 0 Å². The fraction of sp³-hybridized carbons (Fsp3) is 0.250. The van der Waals surface area contributed by atoms with Crippen LogP contribution in [0.3, 0.4) is 0 Å². The number of carbonyl (C=O) groups is 3. The first-order chi connectivity index (χ1) is 12.6. The summed E-state index contributed by atoms with van der Waals surface area (Å²) in [6, 6.07) is 16.9. The Morgan fingerprint density at radius 3 is 2.31 bits per heavy atom. The molecule has 0 unspecified atom stereocenters. The van der Waals surface area contributed by atoms with Gasteiger partial charge in [-0.15, -0.1) is 0 Å². The van der Waals surface area contributed by atoms with Crippen molar-refractivity contribution in [2.45, 2.75) is 13.3 Å². The van der Waals surface area contributed by atoms with Gasteiger partial charge >= 0.3 is 5.97 Å². The zero-order valence-electron chi connectivity index (χ0n) is 14.7. The normalized spacial score (nSPS) is 10.0. The minimum Gasteiger partial charge on any atom is -0.452 e. The summed E-state index contributed by atoms with van der Waals surface area (Å²) in [7, 11) is 0. The Morgan fingerprint density at radius 1 is 0.885 bits per heavy atom. The molecule has 0 radical (unpaired) electrons. The molecule has 2 aromatic carbocycles. The van der Waals surface area contributed by atoms with Crippen LogP contribution in [0.2, 0.25) is 0 Å². The second kappa shape index (κ2) is 9.98. The Balaban J connectivity index is 1.91. The molecule has 26 heavy (non-hydrogen) atoms. The van der Waals surface area contributed by atoms with E-state index in [1.165, 1.54) is 0 Å². The van der Waals surface area contributed by atoms with Crippen LogP contribution in [-0.2, 0) is 20.7 Å². The monoisotopic (exact) mass is 354 g/mol. The third-order valence-electron chi connectivity index (χ3n) is 3.63. The molecule has 2 amide bonds. The number of amides is 2. The van der Waals surface area contributed by atoms with Gasteiger partial charge in [0.25, 0.3) is 5.91 Å². The van der Waals surface area contributed by atoms with E-state index < -0.39 is 18.5 Å². The molecule has 0 bridgehead atoms. The number of esters is 1. The highest BCUT2D eigenvalue weighted by molar-refractivity contribution is 5.93. The molecule has 6 nitrogen and oxygen atoms in total. The molecule has 0 aliphatic rings. The predicted molar refractivity (Wildman–Crippen MR) is 97.7 cm³/mol. The van der Waals surface area contributed by atoms with Crippen molar-refractivity contribution in [3.05, 3.63) is 71.3 Å². The van der Waals surface area contributed by atoms with Crippen molar-refractivity contribution in [3.8, 4) is 0 Å². The van der Waals surface area contributed by atoms with Gasteiger partial charge in [-0.25, -0.2) is 4.79 Å². The van der Waals surface area contributed by atoms with Crippen LogP contribution in [0.1, 0.15) is 28.4 Å². The van der Waals surface area contributed by atoms with Crippen molar-refractivity contribution < 1.29 is 19.1 Å². The highest BCUT2D eigenvalue weighted by atomic mass is 16.5.